The molecule has 0 unspecified atom stereocenters. The molecule has 0 bridgehead atoms. The molecule has 0 aliphatic carbocycles. The van der Waals surface area contributed by atoms with E-state index in [0.717, 1.165) is 44.3 Å². The van der Waals surface area contributed by atoms with Crippen LogP contribution in [-0.4, -0.2) is 13.7 Å². The molecule has 0 radical (unpaired) electrons. The highest BCUT2D eigenvalue weighted by molar-refractivity contribution is 9.11. The normalized spacial score (nSPS) is 11.5. The lowest BCUT2D eigenvalue weighted by atomic mass is 10.1. The molecule has 0 saturated carbocycles. The van der Waals surface area contributed by atoms with E-state index >= 15 is 0 Å². The van der Waals surface area contributed by atoms with E-state index in [-0.39, 0.29) is 0 Å². The Morgan fingerprint density at radius 2 is 2.11 bits per heavy atom. The molecule has 1 aromatic heterocycles. The minimum absolute atomic E-state index is 0.628. The molecule has 1 heterocycles. The molecule has 1 aromatic carbocycles. The van der Waals surface area contributed by atoms with Gasteiger partial charge in [-0.05, 0) is 50.4 Å². The average molecular weight is 391 g/mol. The van der Waals surface area contributed by atoms with Crippen molar-refractivity contribution in [3.8, 4) is 5.75 Å². The Morgan fingerprint density at radius 1 is 1.37 bits per heavy atom. The van der Waals surface area contributed by atoms with Gasteiger partial charge < -0.3 is 14.5 Å². The van der Waals surface area contributed by atoms with Crippen LogP contribution in [0.25, 0.3) is 11.0 Å². The fourth-order valence-electron chi connectivity index (χ4n) is 1.95. The van der Waals surface area contributed by atoms with Crippen molar-refractivity contribution in [2.24, 2.45) is 5.92 Å². The number of benzene rings is 1. The van der Waals surface area contributed by atoms with Crippen molar-refractivity contribution < 1.29 is 9.15 Å². The van der Waals surface area contributed by atoms with Crippen molar-refractivity contribution in [2.45, 2.75) is 20.4 Å². The first-order valence-electron chi connectivity index (χ1n) is 6.17. The Morgan fingerprint density at radius 3 is 2.74 bits per heavy atom. The highest BCUT2D eigenvalue weighted by atomic mass is 79.9. The third-order valence-corrected chi connectivity index (χ3v) is 4.24. The molecule has 0 atom stereocenters. The lowest BCUT2D eigenvalue weighted by Crippen LogP contribution is -2.18. The molecule has 5 heteroatoms. The Hall–Kier alpha value is -0.520. The molecular weight excluding hydrogens is 374 g/mol. The molecule has 0 fully saturated rings. The highest BCUT2D eigenvalue weighted by Crippen LogP contribution is 2.40. The summed E-state index contributed by atoms with van der Waals surface area (Å²) in [6.45, 7) is 6.14. The van der Waals surface area contributed by atoms with Crippen LogP contribution in [0.1, 0.15) is 19.4 Å². The van der Waals surface area contributed by atoms with Gasteiger partial charge in [0.05, 0.1) is 22.3 Å². The summed E-state index contributed by atoms with van der Waals surface area (Å²) in [7, 11) is 1.66. The van der Waals surface area contributed by atoms with Crippen molar-refractivity contribution in [2.75, 3.05) is 13.7 Å². The van der Waals surface area contributed by atoms with Crippen LogP contribution in [-0.2, 0) is 6.54 Å². The number of furan rings is 1. The van der Waals surface area contributed by atoms with E-state index < -0.39 is 0 Å². The van der Waals surface area contributed by atoms with Gasteiger partial charge in [0, 0.05) is 17.5 Å². The van der Waals surface area contributed by atoms with Gasteiger partial charge in [0.25, 0.3) is 0 Å². The number of rotatable bonds is 5. The quantitative estimate of drug-likeness (QED) is 0.802. The molecule has 0 amide bonds. The summed E-state index contributed by atoms with van der Waals surface area (Å²) in [5.41, 5.74) is 1.97. The summed E-state index contributed by atoms with van der Waals surface area (Å²) in [5.74, 6) is 1.42. The first kappa shape index (κ1) is 14.9. The second-order valence-electron chi connectivity index (χ2n) is 4.86. The fourth-order valence-corrected chi connectivity index (χ4v) is 3.16. The van der Waals surface area contributed by atoms with Crippen molar-refractivity contribution >= 4 is 42.8 Å². The number of halogens is 2. The maximum Gasteiger partial charge on any atom is 0.149 e. The molecule has 2 aromatic rings. The largest absolute Gasteiger partial charge is 0.496 e. The maximum atomic E-state index is 5.65. The predicted molar refractivity (Wildman–Crippen MR) is 84.7 cm³/mol. The third-order valence-electron chi connectivity index (χ3n) is 2.87. The minimum atomic E-state index is 0.628. The van der Waals surface area contributed by atoms with E-state index in [1.807, 2.05) is 6.07 Å². The molecular formula is C14H17Br2NO2. The van der Waals surface area contributed by atoms with Crippen molar-refractivity contribution in [1.29, 1.82) is 0 Å². The standard InChI is InChI=1S/C14H17Br2NO2/c1-8(2)5-17-6-9-7-19-14-10(15)4-11(18-3)13(16)12(9)14/h4,7-8,17H,5-6H2,1-3H3. The smallest absolute Gasteiger partial charge is 0.149 e. The second kappa shape index (κ2) is 6.29. The number of nitrogens with one attached hydrogen (secondary N) is 1. The zero-order valence-electron chi connectivity index (χ0n) is 11.2. The van der Waals surface area contributed by atoms with Crippen molar-refractivity contribution in [3.05, 3.63) is 26.8 Å². The van der Waals surface area contributed by atoms with Gasteiger partial charge in [-0.3, -0.25) is 0 Å². The van der Waals surface area contributed by atoms with Crippen molar-refractivity contribution in [3.63, 3.8) is 0 Å². The summed E-state index contributed by atoms with van der Waals surface area (Å²) in [5, 5.41) is 4.48. The molecule has 2 rings (SSSR count). The van der Waals surface area contributed by atoms with E-state index in [2.05, 4.69) is 51.0 Å². The molecule has 0 aliphatic heterocycles. The van der Waals surface area contributed by atoms with E-state index in [4.69, 9.17) is 9.15 Å². The van der Waals surface area contributed by atoms with Gasteiger partial charge in [-0.2, -0.15) is 0 Å². The lowest BCUT2D eigenvalue weighted by molar-refractivity contribution is 0.412. The lowest BCUT2D eigenvalue weighted by Gasteiger charge is -2.08. The maximum absolute atomic E-state index is 5.65. The Kier molecular flexibility index (Phi) is 4.92. The summed E-state index contributed by atoms with van der Waals surface area (Å²) in [6, 6.07) is 1.90. The van der Waals surface area contributed by atoms with Crippen LogP contribution in [0.15, 0.2) is 25.7 Å². The summed E-state index contributed by atoms with van der Waals surface area (Å²) in [4.78, 5) is 0. The van der Waals surface area contributed by atoms with Gasteiger partial charge in [0.15, 0.2) is 0 Å². The SMILES string of the molecule is COc1cc(Br)c2occ(CNCC(C)C)c2c1Br. The van der Waals surface area contributed by atoms with Crippen LogP contribution in [0.5, 0.6) is 5.75 Å². The van der Waals surface area contributed by atoms with Crippen molar-refractivity contribution in [1.82, 2.24) is 5.32 Å². The second-order valence-corrected chi connectivity index (χ2v) is 6.51. The summed E-state index contributed by atoms with van der Waals surface area (Å²) < 4.78 is 12.8. The Balaban J connectivity index is 2.37. The van der Waals surface area contributed by atoms with Gasteiger partial charge in [-0.25, -0.2) is 0 Å². The zero-order chi connectivity index (χ0) is 14.0. The van der Waals surface area contributed by atoms with Crippen LogP contribution in [0.4, 0.5) is 0 Å². The first-order valence-corrected chi connectivity index (χ1v) is 7.76. The molecule has 104 valence electrons. The van der Waals surface area contributed by atoms with E-state index in [9.17, 15) is 0 Å². The Bertz CT molecular complexity index is 578. The zero-order valence-corrected chi connectivity index (χ0v) is 14.4. The van der Waals surface area contributed by atoms with Gasteiger partial charge >= 0.3 is 0 Å². The summed E-state index contributed by atoms with van der Waals surface area (Å²) >= 11 is 7.11. The molecule has 19 heavy (non-hydrogen) atoms. The molecule has 3 nitrogen and oxygen atoms in total. The third kappa shape index (κ3) is 3.15. The summed E-state index contributed by atoms with van der Waals surface area (Å²) in [6.07, 6.45) is 1.80. The number of hydrogen-bond donors (Lipinski definition) is 1. The van der Waals surface area contributed by atoms with E-state index in [1.54, 1.807) is 13.4 Å². The molecule has 1 N–H and O–H groups in total. The van der Waals surface area contributed by atoms with Crippen LogP contribution in [0, 0.1) is 5.92 Å². The van der Waals surface area contributed by atoms with Crippen LogP contribution >= 0.6 is 31.9 Å². The highest BCUT2D eigenvalue weighted by Gasteiger charge is 2.16. The number of hydrogen-bond acceptors (Lipinski definition) is 3. The van der Waals surface area contributed by atoms with Crippen LogP contribution in [0.3, 0.4) is 0 Å². The van der Waals surface area contributed by atoms with Crippen LogP contribution in [0.2, 0.25) is 0 Å². The number of fused-ring (bicyclic) bond motifs is 1. The molecule has 0 saturated heterocycles. The minimum Gasteiger partial charge on any atom is -0.496 e. The van der Waals surface area contributed by atoms with Gasteiger partial charge in [-0.1, -0.05) is 13.8 Å². The predicted octanol–water partition coefficient (Wildman–Crippen LogP) is 4.71. The first-order chi connectivity index (χ1) is 9.04. The van der Waals surface area contributed by atoms with Gasteiger partial charge in [0.2, 0.25) is 0 Å². The fraction of sp³-hybridized carbons (Fsp3) is 0.429. The molecule has 0 aliphatic rings. The Labute approximate surface area is 129 Å². The van der Waals surface area contributed by atoms with Gasteiger partial charge in [-0.15, -0.1) is 0 Å². The number of ether oxygens (including phenoxy) is 1. The topological polar surface area (TPSA) is 34.4 Å². The average Bonchev–Trinajstić information content (AvgIpc) is 2.78. The van der Waals surface area contributed by atoms with Gasteiger partial charge in [0.1, 0.15) is 11.3 Å². The van der Waals surface area contributed by atoms with Crippen LogP contribution < -0.4 is 10.1 Å². The number of methoxy groups -OCH3 is 1. The molecule has 0 spiro atoms. The monoisotopic (exact) mass is 389 g/mol. The van der Waals surface area contributed by atoms with E-state index in [0.29, 0.717) is 5.92 Å². The van der Waals surface area contributed by atoms with E-state index in [1.165, 1.54) is 0 Å².